The number of anilines is 1. The highest BCUT2D eigenvalue weighted by molar-refractivity contribution is 7.13. The van der Waals surface area contributed by atoms with Crippen LogP contribution in [0.25, 0.3) is 33.0 Å². The summed E-state index contributed by atoms with van der Waals surface area (Å²) in [4.78, 5) is 37.9. The van der Waals surface area contributed by atoms with Gasteiger partial charge in [0.1, 0.15) is 10.8 Å². The molecular formula is C26H25N5O4S. The van der Waals surface area contributed by atoms with Gasteiger partial charge in [0.2, 0.25) is 5.88 Å². The van der Waals surface area contributed by atoms with E-state index in [1.165, 1.54) is 18.4 Å². The first-order chi connectivity index (χ1) is 17.5. The highest BCUT2D eigenvalue weighted by atomic mass is 32.1. The molecule has 2 amide bonds. The molecule has 3 aromatic heterocycles. The summed E-state index contributed by atoms with van der Waals surface area (Å²) in [5.74, 6) is 0.0703. The number of nitrogens with one attached hydrogen (secondary N) is 2. The second-order valence-electron chi connectivity index (χ2n) is 7.51. The predicted octanol–water partition coefficient (Wildman–Crippen LogP) is 5.26. The fourth-order valence-corrected chi connectivity index (χ4v) is 4.34. The number of hydrogen-bond donors (Lipinski definition) is 2. The lowest BCUT2D eigenvalue weighted by atomic mass is 10.0. The topological polar surface area (TPSA) is 115 Å². The van der Waals surface area contributed by atoms with Crippen molar-refractivity contribution in [2.75, 3.05) is 25.6 Å². The van der Waals surface area contributed by atoms with Gasteiger partial charge in [0.15, 0.2) is 5.69 Å². The number of carbonyl (C=O) groups excluding carboxylic acids is 2. The van der Waals surface area contributed by atoms with Crippen LogP contribution >= 0.6 is 11.3 Å². The number of amides is 2. The van der Waals surface area contributed by atoms with E-state index in [9.17, 15) is 9.59 Å². The smallest absolute Gasteiger partial charge is 0.356 e. The number of methoxy groups -OCH3 is 1. The summed E-state index contributed by atoms with van der Waals surface area (Å²) in [5, 5.41) is 8.14. The minimum Gasteiger partial charge on any atom is -0.478 e. The zero-order chi connectivity index (χ0) is 25.5. The van der Waals surface area contributed by atoms with Crippen LogP contribution in [0.2, 0.25) is 0 Å². The van der Waals surface area contributed by atoms with Gasteiger partial charge in [-0.2, -0.15) is 0 Å². The molecule has 1 aromatic carbocycles. The van der Waals surface area contributed by atoms with Gasteiger partial charge >= 0.3 is 12.0 Å². The Hall–Kier alpha value is -4.31. The average Bonchev–Trinajstić information content (AvgIpc) is 3.39. The fraction of sp³-hybridized carbons (Fsp3) is 0.192. The number of esters is 1. The minimum atomic E-state index is -0.581. The van der Waals surface area contributed by atoms with Crippen LogP contribution in [-0.2, 0) is 4.74 Å². The van der Waals surface area contributed by atoms with Crippen molar-refractivity contribution >= 4 is 29.2 Å². The van der Waals surface area contributed by atoms with Crippen LogP contribution < -0.4 is 15.4 Å². The number of rotatable bonds is 8. The summed E-state index contributed by atoms with van der Waals surface area (Å²) in [7, 11) is 1.30. The van der Waals surface area contributed by atoms with Crippen LogP contribution in [0, 0.1) is 0 Å². The molecule has 0 radical (unpaired) electrons. The summed E-state index contributed by atoms with van der Waals surface area (Å²) in [6.07, 6.45) is 1.63. The molecule has 4 aromatic rings. The Morgan fingerprint density at radius 1 is 1.00 bits per heavy atom. The van der Waals surface area contributed by atoms with Gasteiger partial charge in [-0.3, -0.25) is 5.32 Å². The van der Waals surface area contributed by atoms with Gasteiger partial charge in [-0.05, 0) is 31.5 Å². The number of ether oxygens (including phenoxy) is 2. The second kappa shape index (κ2) is 11.4. The first kappa shape index (κ1) is 24.8. The van der Waals surface area contributed by atoms with E-state index in [4.69, 9.17) is 14.5 Å². The highest BCUT2D eigenvalue weighted by Crippen LogP contribution is 2.37. The molecule has 0 aliphatic rings. The summed E-state index contributed by atoms with van der Waals surface area (Å²) >= 11 is 1.47. The maximum Gasteiger partial charge on any atom is 0.356 e. The molecule has 36 heavy (non-hydrogen) atoms. The number of thiazole rings is 1. The number of carbonyl (C=O) groups is 2. The Morgan fingerprint density at radius 2 is 1.81 bits per heavy atom. The molecule has 0 unspecified atom stereocenters. The lowest BCUT2D eigenvalue weighted by Crippen LogP contribution is -2.28. The monoisotopic (exact) mass is 503 g/mol. The quantitative estimate of drug-likeness (QED) is 0.315. The third-order valence-corrected chi connectivity index (χ3v) is 5.96. The molecule has 184 valence electrons. The van der Waals surface area contributed by atoms with Crippen molar-refractivity contribution in [2.24, 2.45) is 0 Å². The second-order valence-corrected chi connectivity index (χ2v) is 8.37. The Morgan fingerprint density at radius 3 is 2.53 bits per heavy atom. The summed E-state index contributed by atoms with van der Waals surface area (Å²) in [6, 6.07) is 14.6. The fourth-order valence-electron chi connectivity index (χ4n) is 3.48. The normalized spacial score (nSPS) is 10.5. The summed E-state index contributed by atoms with van der Waals surface area (Å²) < 4.78 is 10.5. The first-order valence-electron chi connectivity index (χ1n) is 11.3. The number of aromatic nitrogens is 3. The lowest BCUT2D eigenvalue weighted by molar-refractivity contribution is 0.0593. The maximum atomic E-state index is 12.3. The van der Waals surface area contributed by atoms with Crippen LogP contribution in [0.1, 0.15) is 24.3 Å². The number of nitrogens with zero attached hydrogens (tertiary/aromatic N) is 3. The van der Waals surface area contributed by atoms with Crippen LogP contribution in [0.4, 0.5) is 10.6 Å². The van der Waals surface area contributed by atoms with Crippen LogP contribution in [0.15, 0.2) is 60.1 Å². The molecule has 0 fully saturated rings. The first-order valence-corrected chi connectivity index (χ1v) is 12.2. The van der Waals surface area contributed by atoms with Crippen molar-refractivity contribution in [2.45, 2.75) is 13.8 Å². The van der Waals surface area contributed by atoms with Gasteiger partial charge in [0, 0.05) is 40.9 Å². The minimum absolute atomic E-state index is 0.109. The molecule has 0 saturated carbocycles. The van der Waals surface area contributed by atoms with E-state index in [-0.39, 0.29) is 17.6 Å². The Kier molecular flexibility index (Phi) is 7.86. The van der Waals surface area contributed by atoms with E-state index < -0.39 is 5.97 Å². The third-order valence-electron chi connectivity index (χ3n) is 5.09. The van der Waals surface area contributed by atoms with Gasteiger partial charge in [-0.15, -0.1) is 11.3 Å². The zero-order valence-electron chi connectivity index (χ0n) is 20.1. The molecule has 0 atom stereocenters. The predicted molar refractivity (Wildman–Crippen MR) is 139 cm³/mol. The van der Waals surface area contributed by atoms with Gasteiger partial charge in [0.05, 0.1) is 19.4 Å². The Labute approximate surface area is 212 Å². The van der Waals surface area contributed by atoms with E-state index in [1.54, 1.807) is 24.4 Å². The molecule has 0 saturated heterocycles. The summed E-state index contributed by atoms with van der Waals surface area (Å²) in [6.45, 7) is 4.53. The average molecular weight is 504 g/mol. The zero-order valence-corrected chi connectivity index (χ0v) is 20.9. The van der Waals surface area contributed by atoms with Gasteiger partial charge in [0.25, 0.3) is 0 Å². The molecule has 10 heteroatoms. The largest absolute Gasteiger partial charge is 0.478 e. The highest BCUT2D eigenvalue weighted by Gasteiger charge is 2.19. The van der Waals surface area contributed by atoms with Crippen molar-refractivity contribution in [3.63, 3.8) is 0 Å². The van der Waals surface area contributed by atoms with Crippen molar-refractivity contribution in [3.8, 4) is 38.8 Å². The number of benzene rings is 1. The van der Waals surface area contributed by atoms with E-state index in [1.807, 2.05) is 49.6 Å². The van der Waals surface area contributed by atoms with Crippen molar-refractivity contribution in [3.05, 3.63) is 65.8 Å². The Bertz CT molecular complexity index is 1370. The maximum absolute atomic E-state index is 12.3. The van der Waals surface area contributed by atoms with E-state index in [0.29, 0.717) is 30.1 Å². The molecule has 4 rings (SSSR count). The third kappa shape index (κ3) is 5.66. The number of pyridine rings is 2. The van der Waals surface area contributed by atoms with E-state index in [2.05, 4.69) is 20.6 Å². The molecule has 0 bridgehead atoms. The Balaban J connectivity index is 1.85. The number of urea groups is 1. The lowest BCUT2D eigenvalue weighted by Gasteiger charge is -2.13. The van der Waals surface area contributed by atoms with Crippen LogP contribution in [0.3, 0.4) is 0 Å². The van der Waals surface area contributed by atoms with Crippen molar-refractivity contribution in [1.82, 2.24) is 20.3 Å². The van der Waals surface area contributed by atoms with Crippen molar-refractivity contribution in [1.29, 1.82) is 0 Å². The SMILES string of the molecule is CCNC(=O)Nc1cc(-c2nc(-c3ccccc3)cs2)c(-c2cc(OCC)nc(C(=O)OC)c2)cn1. The van der Waals surface area contributed by atoms with Crippen LogP contribution in [-0.4, -0.2) is 47.2 Å². The molecule has 2 N–H and O–H groups in total. The van der Waals surface area contributed by atoms with E-state index >= 15 is 0 Å². The molecular weight excluding hydrogens is 478 g/mol. The molecule has 0 aliphatic heterocycles. The molecule has 9 nitrogen and oxygen atoms in total. The van der Waals surface area contributed by atoms with E-state index in [0.717, 1.165) is 21.8 Å². The molecule has 0 aliphatic carbocycles. The van der Waals surface area contributed by atoms with Crippen LogP contribution in [0.5, 0.6) is 5.88 Å². The molecule has 0 spiro atoms. The molecule has 3 heterocycles. The van der Waals surface area contributed by atoms with Gasteiger partial charge in [-0.1, -0.05) is 30.3 Å². The van der Waals surface area contributed by atoms with Gasteiger partial charge in [-0.25, -0.2) is 24.5 Å². The van der Waals surface area contributed by atoms with Crippen molar-refractivity contribution < 1.29 is 19.1 Å². The van der Waals surface area contributed by atoms with Gasteiger partial charge < -0.3 is 14.8 Å². The summed E-state index contributed by atoms with van der Waals surface area (Å²) in [5.41, 5.74) is 4.01. The standard InChI is InChI=1S/C26H25N5O4S/c1-4-27-26(33)31-22-13-18(24-30-21(15-36-24)16-9-7-6-8-10-16)19(14-28-22)17-11-20(25(32)34-3)29-23(12-17)35-5-2/h6-15H,4-5H2,1-3H3,(H2,27,28,31,33). The number of hydrogen-bond acceptors (Lipinski definition) is 8.